The van der Waals surface area contributed by atoms with E-state index in [1.807, 2.05) is 12.1 Å². The van der Waals surface area contributed by atoms with Crippen LogP contribution in [-0.2, 0) is 0 Å². The van der Waals surface area contributed by atoms with E-state index in [0.717, 1.165) is 45.4 Å². The van der Waals surface area contributed by atoms with Gasteiger partial charge in [-0.2, -0.15) is 0 Å². The van der Waals surface area contributed by atoms with Gasteiger partial charge in [-0.3, -0.25) is 4.79 Å². The fourth-order valence-corrected chi connectivity index (χ4v) is 6.13. The second-order valence-electron chi connectivity index (χ2n) is 11.2. The van der Waals surface area contributed by atoms with Crippen molar-refractivity contribution in [2.24, 2.45) is 0 Å². The summed E-state index contributed by atoms with van der Waals surface area (Å²) in [6.07, 6.45) is 5.48. The maximum atomic E-state index is 12.8. The highest BCUT2D eigenvalue weighted by atomic mass is 16.5. The lowest BCUT2D eigenvalue weighted by atomic mass is 9.90. The lowest BCUT2D eigenvalue weighted by Crippen LogP contribution is -2.40. The second kappa shape index (κ2) is 13.8. The molecule has 0 aliphatic carbocycles. The third kappa shape index (κ3) is 7.23. The van der Waals surface area contributed by atoms with Crippen LogP contribution in [0, 0.1) is 0 Å². The van der Waals surface area contributed by atoms with Gasteiger partial charge in [0.15, 0.2) is 11.5 Å². The van der Waals surface area contributed by atoms with Gasteiger partial charge in [-0.15, -0.1) is 0 Å². The van der Waals surface area contributed by atoms with E-state index in [4.69, 9.17) is 9.47 Å². The maximum Gasteiger partial charge on any atom is 0.251 e. The Morgan fingerprint density at radius 3 is 2.17 bits per heavy atom. The molecule has 3 aromatic carbocycles. The molecule has 0 spiro atoms. The summed E-state index contributed by atoms with van der Waals surface area (Å²) in [5, 5.41) is 3.07. The summed E-state index contributed by atoms with van der Waals surface area (Å²) >= 11 is 0. The Labute approximate surface area is 239 Å². The lowest BCUT2D eigenvalue weighted by molar-refractivity contribution is 0.0944. The van der Waals surface area contributed by atoms with Gasteiger partial charge >= 0.3 is 0 Å². The predicted octanol–water partition coefficient (Wildman–Crippen LogP) is 5.58. The SMILES string of the molecule is COc1cc(C(=O)NCCC2CCCN2C)ccc1OC1CCN(CC(c2ccccc2)c2ccccc2)CC1. The highest BCUT2D eigenvalue weighted by Crippen LogP contribution is 2.32. The van der Waals surface area contributed by atoms with E-state index >= 15 is 0 Å². The van der Waals surface area contributed by atoms with Crippen LogP contribution in [-0.4, -0.2) is 74.7 Å². The number of piperidine rings is 1. The number of hydrogen-bond acceptors (Lipinski definition) is 5. The van der Waals surface area contributed by atoms with Crippen LogP contribution >= 0.6 is 0 Å². The summed E-state index contributed by atoms with van der Waals surface area (Å²) in [4.78, 5) is 17.7. The van der Waals surface area contributed by atoms with E-state index in [9.17, 15) is 4.79 Å². The van der Waals surface area contributed by atoms with E-state index in [2.05, 4.69) is 82.8 Å². The lowest BCUT2D eigenvalue weighted by Gasteiger charge is -2.35. The average molecular weight is 542 g/mol. The minimum Gasteiger partial charge on any atom is -0.493 e. The second-order valence-corrected chi connectivity index (χ2v) is 11.2. The van der Waals surface area contributed by atoms with Crippen LogP contribution in [0.3, 0.4) is 0 Å². The maximum absolute atomic E-state index is 12.8. The molecule has 2 saturated heterocycles. The van der Waals surface area contributed by atoms with Crippen LogP contribution in [0.4, 0.5) is 0 Å². The van der Waals surface area contributed by atoms with Crippen LogP contribution < -0.4 is 14.8 Å². The number of amides is 1. The predicted molar refractivity (Wildman–Crippen MR) is 160 cm³/mol. The molecule has 6 nitrogen and oxygen atoms in total. The third-order valence-electron chi connectivity index (χ3n) is 8.53. The van der Waals surface area contributed by atoms with E-state index in [1.54, 1.807) is 13.2 Å². The minimum atomic E-state index is -0.0646. The number of carbonyl (C=O) groups excluding carboxylic acids is 1. The van der Waals surface area contributed by atoms with Crippen molar-refractivity contribution in [2.45, 2.75) is 50.2 Å². The molecule has 2 heterocycles. The number of nitrogens with zero attached hydrogens (tertiary/aromatic N) is 2. The molecule has 2 aliphatic rings. The van der Waals surface area contributed by atoms with Crippen molar-refractivity contribution in [1.82, 2.24) is 15.1 Å². The van der Waals surface area contributed by atoms with Crippen molar-refractivity contribution < 1.29 is 14.3 Å². The molecule has 5 rings (SSSR count). The Balaban J connectivity index is 1.14. The quantitative estimate of drug-likeness (QED) is 0.343. The fourth-order valence-electron chi connectivity index (χ4n) is 6.13. The Hall–Kier alpha value is -3.35. The van der Waals surface area contributed by atoms with E-state index in [1.165, 1.54) is 24.0 Å². The first-order valence-corrected chi connectivity index (χ1v) is 14.8. The Morgan fingerprint density at radius 1 is 0.900 bits per heavy atom. The van der Waals surface area contributed by atoms with Crippen LogP contribution in [0.5, 0.6) is 11.5 Å². The summed E-state index contributed by atoms with van der Waals surface area (Å²) in [6, 6.07) is 27.7. The van der Waals surface area contributed by atoms with Crippen molar-refractivity contribution in [1.29, 1.82) is 0 Å². The molecule has 0 saturated carbocycles. The zero-order valence-corrected chi connectivity index (χ0v) is 23.9. The summed E-state index contributed by atoms with van der Waals surface area (Å²) in [7, 11) is 3.80. The molecule has 2 aliphatic heterocycles. The number of ether oxygens (including phenoxy) is 2. The largest absolute Gasteiger partial charge is 0.493 e. The first-order valence-electron chi connectivity index (χ1n) is 14.8. The number of rotatable bonds is 11. The highest BCUT2D eigenvalue weighted by Gasteiger charge is 2.25. The molecule has 40 heavy (non-hydrogen) atoms. The van der Waals surface area contributed by atoms with Crippen LogP contribution in [0.25, 0.3) is 0 Å². The van der Waals surface area contributed by atoms with E-state index < -0.39 is 0 Å². The first-order chi connectivity index (χ1) is 19.6. The van der Waals surface area contributed by atoms with Gasteiger partial charge in [0, 0.05) is 43.7 Å². The topological polar surface area (TPSA) is 54.0 Å². The smallest absolute Gasteiger partial charge is 0.251 e. The molecule has 1 amide bonds. The number of methoxy groups -OCH3 is 1. The molecule has 2 fully saturated rings. The number of likely N-dealkylation sites (tertiary alicyclic amines) is 2. The van der Waals surface area contributed by atoms with Crippen molar-refractivity contribution in [3.8, 4) is 11.5 Å². The summed E-state index contributed by atoms with van der Waals surface area (Å²) in [6.45, 7) is 4.80. The van der Waals surface area contributed by atoms with Gasteiger partial charge in [-0.25, -0.2) is 0 Å². The molecule has 3 aromatic rings. The van der Waals surface area contributed by atoms with Gasteiger partial charge in [0.05, 0.1) is 7.11 Å². The highest BCUT2D eigenvalue weighted by molar-refractivity contribution is 5.94. The Bertz CT molecular complexity index is 1170. The van der Waals surface area contributed by atoms with E-state index in [-0.39, 0.29) is 12.0 Å². The van der Waals surface area contributed by atoms with Gasteiger partial charge in [0.25, 0.3) is 5.91 Å². The van der Waals surface area contributed by atoms with Crippen molar-refractivity contribution in [2.75, 3.05) is 46.9 Å². The monoisotopic (exact) mass is 541 g/mol. The van der Waals surface area contributed by atoms with E-state index in [0.29, 0.717) is 35.6 Å². The summed E-state index contributed by atoms with van der Waals surface area (Å²) in [5.41, 5.74) is 3.31. The normalized spacial score (nSPS) is 18.6. The van der Waals surface area contributed by atoms with Gasteiger partial charge < -0.3 is 24.6 Å². The Kier molecular flexibility index (Phi) is 9.74. The molecule has 0 bridgehead atoms. The summed E-state index contributed by atoms with van der Waals surface area (Å²) in [5.74, 6) is 1.60. The summed E-state index contributed by atoms with van der Waals surface area (Å²) < 4.78 is 12.0. The number of carbonyl (C=O) groups is 1. The van der Waals surface area contributed by atoms with Crippen LogP contribution in [0.1, 0.15) is 59.5 Å². The molecular weight excluding hydrogens is 498 g/mol. The molecular formula is C34H43N3O3. The fraction of sp³-hybridized carbons (Fsp3) is 0.441. The standard InChI is InChI=1S/C34H43N3O3/c1-36-21-9-14-29(36)17-20-35-34(38)28-15-16-32(33(24-28)39-2)40-30-18-22-37(23-19-30)25-31(26-10-5-3-6-11-26)27-12-7-4-8-13-27/h3-8,10-13,15-16,24,29-31H,9,14,17-23,25H2,1-2H3,(H,35,38). The van der Waals surface area contributed by atoms with Crippen molar-refractivity contribution >= 4 is 5.91 Å². The van der Waals surface area contributed by atoms with Crippen molar-refractivity contribution in [3.05, 3.63) is 95.6 Å². The molecule has 212 valence electrons. The number of nitrogens with one attached hydrogen (secondary N) is 1. The zero-order chi connectivity index (χ0) is 27.7. The Morgan fingerprint density at radius 2 is 1.57 bits per heavy atom. The average Bonchev–Trinajstić information content (AvgIpc) is 3.42. The molecule has 1 atom stereocenters. The molecule has 0 radical (unpaired) electrons. The van der Waals surface area contributed by atoms with Crippen molar-refractivity contribution in [3.63, 3.8) is 0 Å². The third-order valence-corrected chi connectivity index (χ3v) is 8.53. The zero-order valence-electron chi connectivity index (χ0n) is 23.9. The molecule has 6 heteroatoms. The van der Waals surface area contributed by atoms with Crippen LogP contribution in [0.2, 0.25) is 0 Å². The van der Waals surface area contributed by atoms with Gasteiger partial charge in [-0.1, -0.05) is 60.7 Å². The number of hydrogen-bond donors (Lipinski definition) is 1. The first kappa shape index (κ1) is 28.2. The molecule has 0 aromatic heterocycles. The van der Waals surface area contributed by atoms with Crippen LogP contribution in [0.15, 0.2) is 78.9 Å². The minimum absolute atomic E-state index is 0.0646. The van der Waals surface area contributed by atoms with Gasteiger partial charge in [-0.05, 0) is 75.0 Å². The number of benzene rings is 3. The molecule has 1 unspecified atom stereocenters. The van der Waals surface area contributed by atoms with Gasteiger partial charge in [0.1, 0.15) is 6.10 Å². The molecule has 1 N–H and O–H groups in total. The van der Waals surface area contributed by atoms with Gasteiger partial charge in [0.2, 0.25) is 0 Å².